The van der Waals surface area contributed by atoms with E-state index < -0.39 is 0 Å². The fourth-order valence-corrected chi connectivity index (χ4v) is 3.29. The van der Waals surface area contributed by atoms with Gasteiger partial charge in [0.15, 0.2) is 5.96 Å². The maximum absolute atomic E-state index is 11.0. The Morgan fingerprint density at radius 2 is 2.11 bits per heavy atom. The SMILES string of the molecule is CCNC(=NCCCOCC1CCOC1)NC1CCN(CC(N)=O)CC1.I. The molecule has 2 rings (SSSR count). The average molecular weight is 497 g/mol. The Hall–Kier alpha value is -0.650. The number of aliphatic imine (C=N–C) groups is 1. The molecule has 1 atom stereocenters. The van der Waals surface area contributed by atoms with Crippen LogP contribution in [0.25, 0.3) is 0 Å². The Bertz CT molecular complexity index is 439. The van der Waals surface area contributed by atoms with E-state index in [0.717, 1.165) is 84.2 Å². The molecule has 0 aromatic heterocycles. The van der Waals surface area contributed by atoms with Crippen molar-refractivity contribution in [2.24, 2.45) is 16.6 Å². The first-order chi connectivity index (χ1) is 12.7. The van der Waals surface area contributed by atoms with Crippen LogP contribution >= 0.6 is 24.0 Å². The lowest BCUT2D eigenvalue weighted by Gasteiger charge is -2.32. The van der Waals surface area contributed by atoms with Crippen LogP contribution in [0.2, 0.25) is 0 Å². The van der Waals surface area contributed by atoms with E-state index in [-0.39, 0.29) is 29.9 Å². The summed E-state index contributed by atoms with van der Waals surface area (Å²) >= 11 is 0. The van der Waals surface area contributed by atoms with Crippen LogP contribution in [-0.2, 0) is 14.3 Å². The highest BCUT2D eigenvalue weighted by Gasteiger charge is 2.20. The van der Waals surface area contributed by atoms with E-state index in [1.165, 1.54) is 0 Å². The molecule has 2 saturated heterocycles. The number of nitrogens with two attached hydrogens (primary N) is 1. The number of primary amides is 1. The van der Waals surface area contributed by atoms with Gasteiger partial charge in [-0.2, -0.15) is 0 Å². The smallest absolute Gasteiger partial charge is 0.231 e. The predicted octanol–water partition coefficient (Wildman–Crippen LogP) is 0.552. The molecule has 9 heteroatoms. The van der Waals surface area contributed by atoms with E-state index in [1.807, 2.05) is 0 Å². The summed E-state index contributed by atoms with van der Waals surface area (Å²) in [5, 5.41) is 6.81. The number of hydrogen-bond acceptors (Lipinski definition) is 5. The number of nitrogens with one attached hydrogen (secondary N) is 2. The van der Waals surface area contributed by atoms with Gasteiger partial charge in [-0.05, 0) is 32.6 Å². The van der Waals surface area contributed by atoms with E-state index in [4.69, 9.17) is 15.2 Å². The van der Waals surface area contributed by atoms with E-state index in [0.29, 0.717) is 18.5 Å². The van der Waals surface area contributed by atoms with Crippen LogP contribution in [0, 0.1) is 5.92 Å². The number of carbonyl (C=O) groups is 1. The van der Waals surface area contributed by atoms with Crippen LogP contribution in [0.4, 0.5) is 0 Å². The number of hydrogen-bond donors (Lipinski definition) is 3. The second kappa shape index (κ2) is 14.4. The maximum atomic E-state index is 11.0. The molecular formula is C18H36IN5O3. The van der Waals surface area contributed by atoms with Crippen molar-refractivity contribution in [1.82, 2.24) is 15.5 Å². The number of rotatable bonds is 10. The first-order valence-electron chi connectivity index (χ1n) is 9.88. The maximum Gasteiger partial charge on any atom is 0.231 e. The van der Waals surface area contributed by atoms with Crippen molar-refractivity contribution in [3.63, 3.8) is 0 Å². The second-order valence-corrected chi connectivity index (χ2v) is 7.08. The van der Waals surface area contributed by atoms with Gasteiger partial charge in [-0.1, -0.05) is 0 Å². The molecule has 2 heterocycles. The lowest BCUT2D eigenvalue weighted by Crippen LogP contribution is -2.49. The summed E-state index contributed by atoms with van der Waals surface area (Å²) in [5.74, 6) is 1.18. The summed E-state index contributed by atoms with van der Waals surface area (Å²) in [6.07, 6.45) is 4.01. The number of likely N-dealkylation sites (tertiary alicyclic amines) is 1. The minimum absolute atomic E-state index is 0. The summed E-state index contributed by atoms with van der Waals surface area (Å²) < 4.78 is 11.1. The first kappa shape index (κ1) is 24.4. The topological polar surface area (TPSA) is 101 Å². The molecule has 4 N–H and O–H groups in total. The third-order valence-corrected chi connectivity index (χ3v) is 4.75. The normalized spacial score (nSPS) is 21.7. The molecule has 0 aromatic rings. The number of guanidine groups is 1. The summed E-state index contributed by atoms with van der Waals surface area (Å²) in [6, 6.07) is 0.385. The van der Waals surface area contributed by atoms with Crippen LogP contribution in [0.15, 0.2) is 4.99 Å². The number of carbonyl (C=O) groups excluding carboxylic acids is 1. The van der Waals surface area contributed by atoms with Gasteiger partial charge in [0.1, 0.15) is 0 Å². The molecule has 1 amide bonds. The third-order valence-electron chi connectivity index (χ3n) is 4.75. The third kappa shape index (κ3) is 10.5. The average Bonchev–Trinajstić information content (AvgIpc) is 3.12. The van der Waals surface area contributed by atoms with Crippen molar-refractivity contribution in [3.8, 4) is 0 Å². The van der Waals surface area contributed by atoms with Gasteiger partial charge in [0.25, 0.3) is 0 Å². The molecule has 0 bridgehead atoms. The van der Waals surface area contributed by atoms with Gasteiger partial charge in [-0.3, -0.25) is 14.7 Å². The standard InChI is InChI=1S/C18H35N5O3.HI/c1-2-20-18(21-7-3-10-25-13-15-6-11-26-14-15)22-16-4-8-23(9-5-16)12-17(19)24;/h15-16H,2-14H2,1H3,(H2,19,24)(H2,20,21,22);1H. The molecule has 1 unspecified atom stereocenters. The van der Waals surface area contributed by atoms with Crippen LogP contribution in [0.3, 0.4) is 0 Å². The molecule has 0 saturated carbocycles. The van der Waals surface area contributed by atoms with Crippen LogP contribution in [0.1, 0.15) is 32.6 Å². The van der Waals surface area contributed by atoms with Gasteiger partial charge in [0.05, 0.1) is 19.8 Å². The van der Waals surface area contributed by atoms with Gasteiger partial charge in [-0.15, -0.1) is 24.0 Å². The second-order valence-electron chi connectivity index (χ2n) is 7.08. The zero-order chi connectivity index (χ0) is 18.6. The molecule has 0 aromatic carbocycles. The molecule has 2 aliphatic heterocycles. The van der Waals surface area contributed by atoms with Crippen LogP contribution < -0.4 is 16.4 Å². The summed E-state index contributed by atoms with van der Waals surface area (Å²) in [6.45, 7) is 9.03. The summed E-state index contributed by atoms with van der Waals surface area (Å²) in [5.41, 5.74) is 5.26. The minimum atomic E-state index is -0.256. The Labute approximate surface area is 180 Å². The number of piperidine rings is 1. The molecule has 0 radical (unpaired) electrons. The predicted molar refractivity (Wildman–Crippen MR) is 118 cm³/mol. The number of halogens is 1. The van der Waals surface area contributed by atoms with Gasteiger partial charge in [0.2, 0.25) is 5.91 Å². The Morgan fingerprint density at radius 1 is 1.33 bits per heavy atom. The van der Waals surface area contributed by atoms with Crippen molar-refractivity contribution in [1.29, 1.82) is 0 Å². The molecule has 2 aliphatic rings. The lowest BCUT2D eigenvalue weighted by molar-refractivity contribution is -0.119. The van der Waals surface area contributed by atoms with Gasteiger partial charge in [-0.25, -0.2) is 0 Å². The van der Waals surface area contributed by atoms with Gasteiger partial charge < -0.3 is 25.8 Å². The number of amides is 1. The summed E-state index contributed by atoms with van der Waals surface area (Å²) in [4.78, 5) is 17.8. The monoisotopic (exact) mass is 497 g/mol. The molecule has 27 heavy (non-hydrogen) atoms. The molecule has 0 spiro atoms. The molecule has 8 nitrogen and oxygen atoms in total. The van der Waals surface area contributed by atoms with Crippen LogP contribution in [-0.4, -0.2) is 82.0 Å². The summed E-state index contributed by atoms with van der Waals surface area (Å²) in [7, 11) is 0. The van der Waals surface area contributed by atoms with E-state index in [1.54, 1.807) is 0 Å². The van der Waals surface area contributed by atoms with Crippen molar-refractivity contribution >= 4 is 35.8 Å². The largest absolute Gasteiger partial charge is 0.381 e. The zero-order valence-electron chi connectivity index (χ0n) is 16.5. The van der Waals surface area contributed by atoms with Crippen molar-refractivity contribution in [2.75, 3.05) is 59.2 Å². The Balaban J connectivity index is 0.00000364. The number of ether oxygens (including phenoxy) is 2. The molecule has 158 valence electrons. The highest BCUT2D eigenvalue weighted by atomic mass is 127. The fraction of sp³-hybridized carbons (Fsp3) is 0.889. The van der Waals surface area contributed by atoms with Crippen molar-refractivity contribution < 1.29 is 14.3 Å². The molecule has 0 aliphatic carbocycles. The van der Waals surface area contributed by atoms with Crippen molar-refractivity contribution in [2.45, 2.75) is 38.6 Å². The lowest BCUT2D eigenvalue weighted by atomic mass is 10.1. The quantitative estimate of drug-likeness (QED) is 0.177. The highest BCUT2D eigenvalue weighted by molar-refractivity contribution is 14.0. The minimum Gasteiger partial charge on any atom is -0.381 e. The van der Waals surface area contributed by atoms with Crippen molar-refractivity contribution in [3.05, 3.63) is 0 Å². The van der Waals surface area contributed by atoms with E-state index >= 15 is 0 Å². The van der Waals surface area contributed by atoms with E-state index in [9.17, 15) is 4.79 Å². The Kier molecular flexibility index (Phi) is 13.0. The number of nitrogens with zero attached hydrogens (tertiary/aromatic N) is 2. The highest BCUT2D eigenvalue weighted by Crippen LogP contribution is 2.12. The Morgan fingerprint density at radius 3 is 2.74 bits per heavy atom. The molecular weight excluding hydrogens is 461 g/mol. The zero-order valence-corrected chi connectivity index (χ0v) is 18.8. The van der Waals surface area contributed by atoms with Gasteiger partial charge >= 0.3 is 0 Å². The molecule has 2 fully saturated rings. The van der Waals surface area contributed by atoms with E-state index in [2.05, 4.69) is 27.4 Å². The first-order valence-corrected chi connectivity index (χ1v) is 9.88. The van der Waals surface area contributed by atoms with Gasteiger partial charge in [0, 0.05) is 51.4 Å². The fourth-order valence-electron chi connectivity index (χ4n) is 3.29. The van der Waals surface area contributed by atoms with Crippen LogP contribution in [0.5, 0.6) is 0 Å².